The minimum Gasteiger partial charge on any atom is -0.408 e. The van der Waals surface area contributed by atoms with Gasteiger partial charge in [-0.15, -0.1) is 0 Å². The van der Waals surface area contributed by atoms with Gasteiger partial charge in [0.15, 0.2) is 25.0 Å². The first-order valence-corrected chi connectivity index (χ1v) is 25.5. The molecule has 0 aromatic heterocycles. The molecule has 0 N–H and O–H groups in total. The molecular formula is C31H63IO6Si3. The van der Waals surface area contributed by atoms with Crippen molar-refractivity contribution in [2.45, 2.75) is 172 Å². The fourth-order valence-electron chi connectivity index (χ4n) is 4.66. The van der Waals surface area contributed by atoms with E-state index in [1.807, 2.05) is 0 Å². The van der Waals surface area contributed by atoms with Crippen molar-refractivity contribution in [2.75, 3.05) is 13.7 Å². The van der Waals surface area contributed by atoms with Crippen molar-refractivity contribution in [1.82, 2.24) is 0 Å². The van der Waals surface area contributed by atoms with Crippen LogP contribution in [0, 0.1) is 0 Å². The van der Waals surface area contributed by atoms with Gasteiger partial charge in [0.1, 0.15) is 24.4 Å². The zero-order valence-corrected chi connectivity index (χ0v) is 34.3. The van der Waals surface area contributed by atoms with E-state index in [2.05, 4.69) is 134 Å². The Morgan fingerprint density at radius 2 is 1.24 bits per heavy atom. The largest absolute Gasteiger partial charge is 0.408 e. The highest BCUT2D eigenvalue weighted by atomic mass is 127. The Morgan fingerprint density at radius 1 is 0.756 bits per heavy atom. The number of methoxy groups -OCH3 is 1. The Kier molecular flexibility index (Phi) is 12.7. The molecule has 10 heteroatoms. The van der Waals surface area contributed by atoms with Crippen molar-refractivity contribution >= 4 is 47.5 Å². The SMILES string of the molecule is COC[C@H]1CCC2O[C@@H]([C@H](C=CI)O[Si](C)(C)C(C)(C)C)[C@@H](O[Si](C)(C)C(C)(C)C)[C@@H](O[Si](C)(C)C(C)(C)C)[C@H]2O1. The molecule has 2 saturated heterocycles. The third kappa shape index (κ3) is 9.22. The first-order chi connectivity index (χ1) is 18.4. The first-order valence-electron chi connectivity index (χ1n) is 15.5. The molecule has 0 aromatic carbocycles. The molecule has 2 aliphatic rings. The van der Waals surface area contributed by atoms with Crippen LogP contribution in [-0.2, 0) is 27.5 Å². The maximum absolute atomic E-state index is 7.40. The van der Waals surface area contributed by atoms with Gasteiger partial charge in [-0.2, -0.15) is 0 Å². The van der Waals surface area contributed by atoms with E-state index in [1.165, 1.54) is 0 Å². The van der Waals surface area contributed by atoms with Gasteiger partial charge in [0.2, 0.25) is 0 Å². The van der Waals surface area contributed by atoms with E-state index in [1.54, 1.807) is 7.11 Å². The van der Waals surface area contributed by atoms with Crippen LogP contribution < -0.4 is 0 Å². The van der Waals surface area contributed by atoms with Gasteiger partial charge in [-0.05, 0) is 77.4 Å². The monoisotopic (exact) mass is 742 g/mol. The zero-order chi connectivity index (χ0) is 31.8. The summed E-state index contributed by atoms with van der Waals surface area (Å²) >= 11 is 2.31. The summed E-state index contributed by atoms with van der Waals surface area (Å²) in [5, 5.41) is 0.129. The molecule has 0 aromatic rings. The van der Waals surface area contributed by atoms with Gasteiger partial charge in [0.05, 0.1) is 24.9 Å². The minimum atomic E-state index is -2.24. The molecule has 2 fully saturated rings. The summed E-state index contributed by atoms with van der Waals surface area (Å²) < 4.78 is 43.4. The Morgan fingerprint density at radius 3 is 1.68 bits per heavy atom. The fourth-order valence-corrected chi connectivity index (χ4v) is 8.92. The smallest absolute Gasteiger partial charge is 0.193 e. The van der Waals surface area contributed by atoms with Crippen molar-refractivity contribution in [3.05, 3.63) is 10.2 Å². The zero-order valence-electron chi connectivity index (χ0n) is 29.1. The van der Waals surface area contributed by atoms with Crippen LogP contribution >= 0.6 is 22.6 Å². The minimum absolute atomic E-state index is 0.0222. The van der Waals surface area contributed by atoms with E-state index in [9.17, 15) is 0 Å². The molecule has 0 amide bonds. The first kappa shape index (κ1) is 38.1. The van der Waals surface area contributed by atoms with Crippen molar-refractivity contribution in [1.29, 1.82) is 0 Å². The summed E-state index contributed by atoms with van der Waals surface area (Å²) in [6.45, 7) is 35.2. The number of hydrogen-bond acceptors (Lipinski definition) is 6. The molecule has 0 aliphatic carbocycles. The standard InChI is InChI=1S/C31H63IO6Si3/c1-29(2,3)39(11,12)36-24(19-20-32)26-28(38-41(15,16)31(7,8)9)27(37-40(13,14)30(4,5)6)25-23(35-26)18-17-22(34-25)21-33-10/h19-20,22-28H,17-18,21H2,1-16H3/t22-,23?,24+,25+,26+,27+,28-/m1/s1. The molecule has 0 bridgehead atoms. The molecule has 242 valence electrons. The van der Waals surface area contributed by atoms with Crippen LogP contribution in [0.1, 0.15) is 75.2 Å². The lowest BCUT2D eigenvalue weighted by molar-refractivity contribution is -0.269. The molecular weight excluding hydrogens is 679 g/mol. The third-order valence-electron chi connectivity index (χ3n) is 10.4. The number of halogens is 1. The predicted molar refractivity (Wildman–Crippen MR) is 188 cm³/mol. The van der Waals surface area contributed by atoms with Crippen molar-refractivity contribution in [3.63, 3.8) is 0 Å². The van der Waals surface area contributed by atoms with Gasteiger partial charge in [-0.3, -0.25) is 0 Å². The Labute approximate surface area is 269 Å². The van der Waals surface area contributed by atoms with Crippen LogP contribution in [-0.4, -0.2) is 81.4 Å². The normalized spacial score (nSPS) is 30.0. The van der Waals surface area contributed by atoms with Gasteiger partial charge in [0.25, 0.3) is 0 Å². The molecule has 0 saturated carbocycles. The van der Waals surface area contributed by atoms with E-state index in [-0.39, 0.29) is 57.8 Å². The molecule has 6 nitrogen and oxygen atoms in total. The van der Waals surface area contributed by atoms with Gasteiger partial charge < -0.3 is 27.5 Å². The molecule has 0 radical (unpaired) electrons. The maximum atomic E-state index is 7.40. The van der Waals surface area contributed by atoms with Gasteiger partial charge in [-0.1, -0.05) is 84.9 Å². The lowest BCUT2D eigenvalue weighted by atomic mass is 9.88. The van der Waals surface area contributed by atoms with Crippen molar-refractivity contribution in [2.24, 2.45) is 0 Å². The predicted octanol–water partition coefficient (Wildman–Crippen LogP) is 9.07. The topological polar surface area (TPSA) is 55.4 Å². The van der Waals surface area contributed by atoms with Crippen LogP contribution in [0.2, 0.25) is 54.4 Å². The Bertz CT molecular complexity index is 875. The highest BCUT2D eigenvalue weighted by Gasteiger charge is 2.57. The van der Waals surface area contributed by atoms with Crippen LogP contribution in [0.25, 0.3) is 0 Å². The van der Waals surface area contributed by atoms with Crippen LogP contribution in [0.3, 0.4) is 0 Å². The second kappa shape index (κ2) is 13.7. The summed E-state index contributed by atoms with van der Waals surface area (Å²) in [6.07, 6.45) is 2.56. The molecule has 2 rings (SSSR count). The molecule has 2 aliphatic heterocycles. The Hall–Kier alpha value is 0.881. The lowest BCUT2D eigenvalue weighted by Gasteiger charge is -2.56. The van der Waals surface area contributed by atoms with Gasteiger partial charge in [0, 0.05) is 7.11 Å². The van der Waals surface area contributed by atoms with E-state index in [0.29, 0.717) is 6.61 Å². The number of hydrogen-bond donors (Lipinski definition) is 0. The van der Waals surface area contributed by atoms with E-state index in [0.717, 1.165) is 12.8 Å². The number of ether oxygens (including phenoxy) is 3. The summed E-state index contributed by atoms with van der Waals surface area (Å²) in [7, 11) is -4.85. The van der Waals surface area contributed by atoms with Crippen molar-refractivity contribution in [3.8, 4) is 0 Å². The summed E-state index contributed by atoms with van der Waals surface area (Å²) in [5.41, 5.74) is 0. The van der Waals surface area contributed by atoms with Crippen LogP contribution in [0.4, 0.5) is 0 Å². The number of fused-ring (bicyclic) bond motifs is 1. The molecule has 1 unspecified atom stereocenters. The Balaban J connectivity index is 2.72. The average molecular weight is 743 g/mol. The average Bonchev–Trinajstić information content (AvgIpc) is 2.78. The van der Waals surface area contributed by atoms with Gasteiger partial charge in [-0.25, -0.2) is 0 Å². The fraction of sp³-hybridized carbons (Fsp3) is 0.935. The summed E-state index contributed by atoms with van der Waals surface area (Å²) in [6, 6.07) is 0. The van der Waals surface area contributed by atoms with Gasteiger partial charge >= 0.3 is 0 Å². The van der Waals surface area contributed by atoms with Crippen molar-refractivity contribution < 1.29 is 27.5 Å². The highest BCUT2D eigenvalue weighted by Crippen LogP contribution is 2.47. The second-order valence-electron chi connectivity index (χ2n) is 16.7. The highest BCUT2D eigenvalue weighted by molar-refractivity contribution is 14.1. The lowest BCUT2D eigenvalue weighted by Crippen LogP contribution is -2.69. The second-order valence-corrected chi connectivity index (χ2v) is 31.7. The molecule has 7 atom stereocenters. The van der Waals surface area contributed by atoms with E-state index >= 15 is 0 Å². The molecule has 2 heterocycles. The quantitative estimate of drug-likeness (QED) is 0.165. The maximum Gasteiger partial charge on any atom is 0.193 e. The number of rotatable bonds is 10. The summed E-state index contributed by atoms with van der Waals surface area (Å²) in [4.78, 5) is 0. The van der Waals surface area contributed by atoms with Crippen LogP contribution in [0.5, 0.6) is 0 Å². The molecule has 41 heavy (non-hydrogen) atoms. The van der Waals surface area contributed by atoms with E-state index in [4.69, 9.17) is 27.5 Å². The van der Waals surface area contributed by atoms with Crippen LogP contribution in [0.15, 0.2) is 10.2 Å². The molecule has 0 spiro atoms. The van der Waals surface area contributed by atoms with E-state index < -0.39 is 25.0 Å². The third-order valence-corrected chi connectivity index (χ3v) is 24.3. The summed E-state index contributed by atoms with van der Waals surface area (Å²) in [5.74, 6) is 0.